The molecule has 0 unspecified atom stereocenters. The highest BCUT2D eigenvalue weighted by Crippen LogP contribution is 2.28. The summed E-state index contributed by atoms with van der Waals surface area (Å²) in [4.78, 5) is 12.3. The molecule has 1 heterocycles. The number of hydrogen-bond donors (Lipinski definition) is 2. The molecule has 0 atom stereocenters. The molecule has 0 radical (unpaired) electrons. The number of nitrogens with zero attached hydrogens (tertiary/aromatic N) is 1. The van der Waals surface area contributed by atoms with Gasteiger partial charge >= 0.3 is 0 Å². The second-order valence-electron chi connectivity index (χ2n) is 6.13. The van der Waals surface area contributed by atoms with Crippen molar-refractivity contribution in [2.24, 2.45) is 0 Å². The van der Waals surface area contributed by atoms with Crippen LogP contribution >= 0.6 is 0 Å². The predicted octanol–water partition coefficient (Wildman–Crippen LogP) is 0.868. The lowest BCUT2D eigenvalue weighted by Crippen LogP contribution is -3.13. The third-order valence-corrected chi connectivity index (χ3v) is 5.36. The van der Waals surface area contributed by atoms with Gasteiger partial charge in [-0.15, -0.1) is 0 Å². The number of benzene rings is 1. The maximum absolute atomic E-state index is 11.6. The minimum absolute atomic E-state index is 0.0306. The lowest BCUT2D eigenvalue weighted by Gasteiger charge is -2.30. The molecular formula is C15H24N3O4S+. The van der Waals surface area contributed by atoms with Gasteiger partial charge in [-0.2, -0.15) is 0 Å². The molecule has 0 amide bonds. The quantitative estimate of drug-likeness (QED) is 0.591. The van der Waals surface area contributed by atoms with Gasteiger partial charge in [-0.25, -0.2) is 8.42 Å². The molecule has 0 bridgehead atoms. The number of likely N-dealkylation sites (tertiary alicyclic amines) is 1. The molecule has 23 heavy (non-hydrogen) atoms. The van der Waals surface area contributed by atoms with E-state index in [1.807, 2.05) is 0 Å². The Labute approximate surface area is 136 Å². The molecule has 1 aromatic rings. The van der Waals surface area contributed by atoms with Crippen molar-refractivity contribution < 1.29 is 18.2 Å². The maximum Gasteiger partial charge on any atom is 0.293 e. The van der Waals surface area contributed by atoms with Gasteiger partial charge in [-0.1, -0.05) is 6.92 Å². The fourth-order valence-corrected chi connectivity index (χ4v) is 3.65. The normalized spacial score (nSPS) is 21.8. The zero-order valence-corrected chi connectivity index (χ0v) is 14.4. The van der Waals surface area contributed by atoms with E-state index < -0.39 is 14.8 Å². The van der Waals surface area contributed by atoms with Crippen LogP contribution in [0.1, 0.15) is 26.2 Å². The number of anilines is 1. The molecule has 1 aromatic carbocycles. The Bertz CT molecular complexity index is 667. The van der Waals surface area contributed by atoms with Crippen LogP contribution < -0.4 is 10.2 Å². The van der Waals surface area contributed by atoms with Crippen LogP contribution in [0.4, 0.5) is 11.4 Å². The van der Waals surface area contributed by atoms with Gasteiger partial charge in [0, 0.05) is 31.2 Å². The first-order chi connectivity index (χ1) is 10.8. The van der Waals surface area contributed by atoms with E-state index in [2.05, 4.69) is 12.2 Å². The van der Waals surface area contributed by atoms with Gasteiger partial charge in [0.25, 0.3) is 5.69 Å². The van der Waals surface area contributed by atoms with Crippen LogP contribution in [0.15, 0.2) is 23.1 Å². The third-order valence-electron chi connectivity index (χ3n) is 4.25. The standard InChI is InChI=1S/C15H23N3O4S/c1-3-8-17-9-6-12(7-10-17)16-14-5-4-13(23(2,21)22)11-15(14)18(19)20/h4-5,11-12,16H,3,6-10H2,1-2H3/p+1. The van der Waals surface area contributed by atoms with E-state index in [1.54, 1.807) is 4.90 Å². The van der Waals surface area contributed by atoms with Gasteiger partial charge in [0.15, 0.2) is 9.84 Å². The number of nitro benzene ring substituents is 1. The first-order valence-electron chi connectivity index (χ1n) is 7.90. The molecule has 1 aliphatic heterocycles. The van der Waals surface area contributed by atoms with Crippen molar-refractivity contribution in [3.05, 3.63) is 28.3 Å². The topological polar surface area (TPSA) is 93.8 Å². The summed E-state index contributed by atoms with van der Waals surface area (Å²) >= 11 is 0. The number of sulfone groups is 1. The number of nitro groups is 1. The van der Waals surface area contributed by atoms with E-state index in [0.717, 1.165) is 51.2 Å². The van der Waals surface area contributed by atoms with Crippen molar-refractivity contribution >= 4 is 21.2 Å². The Morgan fingerprint density at radius 1 is 1.35 bits per heavy atom. The number of nitrogens with one attached hydrogen (secondary N) is 2. The van der Waals surface area contributed by atoms with Crippen LogP contribution in [0, 0.1) is 10.1 Å². The molecule has 0 spiro atoms. The van der Waals surface area contributed by atoms with Crippen molar-refractivity contribution in [3.8, 4) is 0 Å². The van der Waals surface area contributed by atoms with Crippen molar-refractivity contribution in [1.29, 1.82) is 0 Å². The predicted molar refractivity (Wildman–Crippen MR) is 88.7 cm³/mol. The molecule has 8 heteroatoms. The van der Waals surface area contributed by atoms with E-state index in [4.69, 9.17) is 0 Å². The van der Waals surface area contributed by atoms with E-state index in [9.17, 15) is 18.5 Å². The second-order valence-corrected chi connectivity index (χ2v) is 8.14. The minimum atomic E-state index is -3.46. The number of hydrogen-bond acceptors (Lipinski definition) is 5. The van der Waals surface area contributed by atoms with Crippen molar-refractivity contribution in [1.82, 2.24) is 0 Å². The summed E-state index contributed by atoms with van der Waals surface area (Å²) in [5.41, 5.74) is 0.211. The first kappa shape index (κ1) is 17.7. The molecular weight excluding hydrogens is 318 g/mol. The molecule has 1 fully saturated rings. The molecule has 1 saturated heterocycles. The zero-order valence-electron chi connectivity index (χ0n) is 13.5. The van der Waals surface area contributed by atoms with Crippen molar-refractivity contribution in [2.75, 3.05) is 31.2 Å². The third kappa shape index (κ3) is 4.65. The van der Waals surface area contributed by atoms with Gasteiger partial charge < -0.3 is 10.2 Å². The molecule has 7 nitrogen and oxygen atoms in total. The van der Waals surface area contributed by atoms with Gasteiger partial charge in [0.05, 0.1) is 29.5 Å². The Balaban J connectivity index is 2.13. The fourth-order valence-electron chi connectivity index (χ4n) is 3.01. The Morgan fingerprint density at radius 2 is 2.00 bits per heavy atom. The summed E-state index contributed by atoms with van der Waals surface area (Å²) in [5, 5.41) is 14.5. The van der Waals surface area contributed by atoms with E-state index >= 15 is 0 Å². The average Bonchev–Trinajstić information content (AvgIpc) is 2.48. The molecule has 2 N–H and O–H groups in total. The van der Waals surface area contributed by atoms with Crippen LogP contribution in [-0.4, -0.2) is 45.3 Å². The highest BCUT2D eigenvalue weighted by atomic mass is 32.2. The second kappa shape index (κ2) is 7.27. The Morgan fingerprint density at radius 3 is 2.52 bits per heavy atom. The van der Waals surface area contributed by atoms with Gasteiger partial charge in [-0.05, 0) is 18.6 Å². The number of piperidine rings is 1. The Kier molecular flexibility index (Phi) is 5.59. The summed E-state index contributed by atoms with van der Waals surface area (Å²) in [6, 6.07) is 4.25. The highest BCUT2D eigenvalue weighted by Gasteiger charge is 2.25. The van der Waals surface area contributed by atoms with Gasteiger partial charge in [-0.3, -0.25) is 10.1 Å². The molecule has 128 valence electrons. The summed E-state index contributed by atoms with van der Waals surface area (Å²) in [6.45, 7) is 5.45. The smallest absolute Gasteiger partial charge is 0.293 e. The maximum atomic E-state index is 11.6. The zero-order chi connectivity index (χ0) is 17.0. The fraction of sp³-hybridized carbons (Fsp3) is 0.600. The van der Waals surface area contributed by atoms with E-state index in [0.29, 0.717) is 5.69 Å². The number of rotatable bonds is 6. The molecule has 0 aliphatic carbocycles. The molecule has 0 saturated carbocycles. The lowest BCUT2D eigenvalue weighted by atomic mass is 10.0. The molecule has 2 rings (SSSR count). The van der Waals surface area contributed by atoms with Crippen LogP contribution in [0.2, 0.25) is 0 Å². The molecule has 1 aliphatic rings. The Hall–Kier alpha value is -1.67. The van der Waals surface area contributed by atoms with Gasteiger partial charge in [0.2, 0.25) is 0 Å². The van der Waals surface area contributed by atoms with Crippen LogP contribution in [0.3, 0.4) is 0 Å². The number of quaternary nitrogens is 1. The van der Waals surface area contributed by atoms with Crippen LogP contribution in [-0.2, 0) is 9.84 Å². The van der Waals surface area contributed by atoms with Gasteiger partial charge in [0.1, 0.15) is 5.69 Å². The van der Waals surface area contributed by atoms with Crippen molar-refractivity contribution in [3.63, 3.8) is 0 Å². The van der Waals surface area contributed by atoms with Crippen LogP contribution in [0.5, 0.6) is 0 Å². The SMILES string of the molecule is CCC[NH+]1CCC(Nc2ccc(S(C)(=O)=O)cc2[N+](=O)[O-])CC1. The monoisotopic (exact) mass is 342 g/mol. The highest BCUT2D eigenvalue weighted by molar-refractivity contribution is 7.90. The largest absolute Gasteiger partial charge is 0.376 e. The molecule has 0 aromatic heterocycles. The summed E-state index contributed by atoms with van der Waals surface area (Å²) in [6.07, 6.45) is 4.12. The summed E-state index contributed by atoms with van der Waals surface area (Å²) in [7, 11) is -3.46. The minimum Gasteiger partial charge on any atom is -0.376 e. The van der Waals surface area contributed by atoms with E-state index in [1.165, 1.54) is 12.1 Å². The lowest BCUT2D eigenvalue weighted by molar-refractivity contribution is -0.905. The summed E-state index contributed by atoms with van der Waals surface area (Å²) < 4.78 is 23.1. The first-order valence-corrected chi connectivity index (χ1v) is 9.79. The van der Waals surface area contributed by atoms with Crippen LogP contribution in [0.25, 0.3) is 0 Å². The average molecular weight is 342 g/mol. The van der Waals surface area contributed by atoms with Crippen molar-refractivity contribution in [2.45, 2.75) is 37.1 Å². The summed E-state index contributed by atoms with van der Waals surface area (Å²) in [5.74, 6) is 0. The van der Waals surface area contributed by atoms with E-state index in [-0.39, 0.29) is 16.6 Å².